The second-order valence-corrected chi connectivity index (χ2v) is 4.33. The normalized spacial score (nSPS) is 14.1. The number of aryl methyl sites for hydroxylation is 1. The smallest absolute Gasteiger partial charge is 0.245 e. The molecule has 4 heteroatoms. The number of carbonyl (C=O) groups is 1. The minimum absolute atomic E-state index is 0.257. The van der Waals surface area contributed by atoms with Crippen molar-refractivity contribution in [3.63, 3.8) is 0 Å². The van der Waals surface area contributed by atoms with E-state index < -0.39 is 11.4 Å². The molecule has 0 aliphatic carbocycles. The summed E-state index contributed by atoms with van der Waals surface area (Å²) < 4.78 is 5.30. The van der Waals surface area contributed by atoms with Crippen LogP contribution in [0.15, 0.2) is 24.3 Å². The van der Waals surface area contributed by atoms with E-state index in [0.717, 1.165) is 11.3 Å². The van der Waals surface area contributed by atoms with E-state index in [4.69, 9.17) is 10.5 Å². The van der Waals surface area contributed by atoms with Gasteiger partial charge in [-0.3, -0.25) is 4.79 Å². The van der Waals surface area contributed by atoms with Crippen molar-refractivity contribution in [2.45, 2.75) is 26.3 Å². The molecule has 1 rings (SSSR count). The molecule has 0 radical (unpaired) electrons. The Hall–Kier alpha value is -1.55. The zero-order valence-corrected chi connectivity index (χ0v) is 10.6. The van der Waals surface area contributed by atoms with E-state index in [0.29, 0.717) is 6.61 Å². The minimum atomic E-state index is -0.885. The number of amides is 1. The van der Waals surface area contributed by atoms with Crippen LogP contribution in [0.2, 0.25) is 0 Å². The molecular formula is C13H20N2O2. The summed E-state index contributed by atoms with van der Waals surface area (Å²) >= 11 is 0. The molecule has 0 saturated heterocycles. The van der Waals surface area contributed by atoms with Gasteiger partial charge in [0.2, 0.25) is 5.91 Å². The van der Waals surface area contributed by atoms with Crippen LogP contribution in [0.1, 0.15) is 19.4 Å². The standard InChI is InChI=1S/C13H20N2O2/c1-4-17-9-13(3,12(14)16)15-11-7-5-6-10(2)8-11/h5-8,15H,4,9H2,1-3H3,(H2,14,16). The van der Waals surface area contributed by atoms with Crippen LogP contribution in [0.5, 0.6) is 0 Å². The predicted octanol–water partition coefficient (Wildman–Crippen LogP) is 1.69. The highest BCUT2D eigenvalue weighted by Crippen LogP contribution is 2.17. The van der Waals surface area contributed by atoms with Gasteiger partial charge < -0.3 is 15.8 Å². The predicted molar refractivity (Wildman–Crippen MR) is 68.9 cm³/mol. The van der Waals surface area contributed by atoms with Gasteiger partial charge in [-0.2, -0.15) is 0 Å². The van der Waals surface area contributed by atoms with Gasteiger partial charge in [0.05, 0.1) is 6.61 Å². The second-order valence-electron chi connectivity index (χ2n) is 4.33. The van der Waals surface area contributed by atoms with Crippen molar-refractivity contribution in [3.05, 3.63) is 29.8 Å². The van der Waals surface area contributed by atoms with Crippen LogP contribution in [-0.2, 0) is 9.53 Å². The lowest BCUT2D eigenvalue weighted by Crippen LogP contribution is -2.51. The number of anilines is 1. The number of hydrogen-bond acceptors (Lipinski definition) is 3. The van der Waals surface area contributed by atoms with Crippen molar-refractivity contribution in [3.8, 4) is 0 Å². The average Bonchev–Trinajstić information content (AvgIpc) is 2.26. The summed E-state index contributed by atoms with van der Waals surface area (Å²) in [5.74, 6) is -0.424. The van der Waals surface area contributed by atoms with Crippen LogP contribution in [0.3, 0.4) is 0 Å². The van der Waals surface area contributed by atoms with Gasteiger partial charge in [-0.05, 0) is 38.5 Å². The van der Waals surface area contributed by atoms with Crippen LogP contribution in [-0.4, -0.2) is 24.7 Å². The Morgan fingerprint density at radius 2 is 2.24 bits per heavy atom. The van der Waals surface area contributed by atoms with Crippen molar-refractivity contribution in [2.24, 2.45) is 5.73 Å². The molecule has 1 aromatic rings. The molecule has 0 aliphatic heterocycles. The Labute approximate surface area is 102 Å². The van der Waals surface area contributed by atoms with Crippen LogP contribution >= 0.6 is 0 Å². The molecule has 1 unspecified atom stereocenters. The molecule has 1 aromatic carbocycles. The number of carbonyl (C=O) groups excluding carboxylic acids is 1. The third kappa shape index (κ3) is 3.75. The third-order valence-electron chi connectivity index (χ3n) is 2.58. The SMILES string of the molecule is CCOCC(C)(Nc1cccc(C)c1)C(N)=O. The van der Waals surface area contributed by atoms with Crippen LogP contribution in [0.4, 0.5) is 5.69 Å². The fourth-order valence-corrected chi connectivity index (χ4v) is 1.52. The van der Waals surface area contributed by atoms with E-state index >= 15 is 0 Å². The molecule has 1 atom stereocenters. The summed E-state index contributed by atoms with van der Waals surface area (Å²) in [6.45, 7) is 6.43. The maximum absolute atomic E-state index is 11.5. The van der Waals surface area contributed by atoms with Gasteiger partial charge in [0, 0.05) is 12.3 Å². The number of nitrogens with one attached hydrogen (secondary N) is 1. The molecule has 0 heterocycles. The van der Waals surface area contributed by atoms with Crippen molar-refractivity contribution < 1.29 is 9.53 Å². The van der Waals surface area contributed by atoms with E-state index in [2.05, 4.69) is 5.32 Å². The Morgan fingerprint density at radius 1 is 1.53 bits per heavy atom. The zero-order valence-electron chi connectivity index (χ0n) is 10.6. The molecule has 0 bridgehead atoms. The van der Waals surface area contributed by atoms with Crippen molar-refractivity contribution in [1.29, 1.82) is 0 Å². The summed E-state index contributed by atoms with van der Waals surface area (Å²) in [6, 6.07) is 7.79. The molecule has 17 heavy (non-hydrogen) atoms. The van der Waals surface area contributed by atoms with E-state index in [1.807, 2.05) is 38.1 Å². The monoisotopic (exact) mass is 236 g/mol. The highest BCUT2D eigenvalue weighted by Gasteiger charge is 2.31. The Kier molecular flexibility index (Phi) is 4.52. The van der Waals surface area contributed by atoms with Gasteiger partial charge in [0.25, 0.3) is 0 Å². The van der Waals surface area contributed by atoms with Gasteiger partial charge >= 0.3 is 0 Å². The van der Waals surface area contributed by atoms with E-state index in [-0.39, 0.29) is 6.61 Å². The molecule has 0 aromatic heterocycles. The molecule has 0 aliphatic rings. The Bertz CT molecular complexity index is 393. The molecule has 0 fully saturated rings. The van der Waals surface area contributed by atoms with Gasteiger partial charge in [0.1, 0.15) is 5.54 Å². The average molecular weight is 236 g/mol. The maximum Gasteiger partial charge on any atom is 0.245 e. The largest absolute Gasteiger partial charge is 0.379 e. The van der Waals surface area contributed by atoms with Crippen molar-refractivity contribution >= 4 is 11.6 Å². The summed E-state index contributed by atoms with van der Waals surface area (Å²) in [5.41, 5.74) is 6.52. The topological polar surface area (TPSA) is 64.3 Å². The molecule has 0 saturated carbocycles. The number of benzene rings is 1. The van der Waals surface area contributed by atoms with Gasteiger partial charge in [-0.25, -0.2) is 0 Å². The van der Waals surface area contributed by atoms with Crippen molar-refractivity contribution in [2.75, 3.05) is 18.5 Å². The summed E-state index contributed by atoms with van der Waals surface area (Å²) in [7, 11) is 0. The first kappa shape index (κ1) is 13.5. The molecule has 1 amide bonds. The van der Waals surface area contributed by atoms with Gasteiger partial charge in [0.15, 0.2) is 0 Å². The number of hydrogen-bond donors (Lipinski definition) is 2. The molecule has 0 spiro atoms. The van der Waals surface area contributed by atoms with E-state index in [1.54, 1.807) is 6.92 Å². The van der Waals surface area contributed by atoms with Crippen LogP contribution in [0, 0.1) is 6.92 Å². The number of nitrogens with two attached hydrogens (primary N) is 1. The van der Waals surface area contributed by atoms with Crippen LogP contribution < -0.4 is 11.1 Å². The summed E-state index contributed by atoms with van der Waals surface area (Å²) in [5, 5.41) is 3.13. The molecule has 94 valence electrons. The van der Waals surface area contributed by atoms with Gasteiger partial charge in [-0.1, -0.05) is 12.1 Å². The summed E-state index contributed by atoms with van der Waals surface area (Å²) in [6.07, 6.45) is 0. The third-order valence-corrected chi connectivity index (χ3v) is 2.58. The van der Waals surface area contributed by atoms with Crippen LogP contribution in [0.25, 0.3) is 0 Å². The van der Waals surface area contributed by atoms with E-state index in [9.17, 15) is 4.79 Å². The Morgan fingerprint density at radius 3 is 2.76 bits per heavy atom. The number of ether oxygens (including phenoxy) is 1. The highest BCUT2D eigenvalue weighted by molar-refractivity contribution is 5.87. The fourth-order valence-electron chi connectivity index (χ4n) is 1.52. The quantitative estimate of drug-likeness (QED) is 0.790. The first-order valence-corrected chi connectivity index (χ1v) is 5.70. The first-order valence-electron chi connectivity index (χ1n) is 5.70. The fraction of sp³-hybridized carbons (Fsp3) is 0.462. The summed E-state index contributed by atoms with van der Waals surface area (Å²) in [4.78, 5) is 11.5. The first-order chi connectivity index (χ1) is 7.98. The molecule has 3 N–H and O–H groups in total. The maximum atomic E-state index is 11.5. The van der Waals surface area contributed by atoms with E-state index in [1.165, 1.54) is 0 Å². The highest BCUT2D eigenvalue weighted by atomic mass is 16.5. The second kappa shape index (κ2) is 5.68. The lowest BCUT2D eigenvalue weighted by atomic mass is 10.0. The van der Waals surface area contributed by atoms with Gasteiger partial charge in [-0.15, -0.1) is 0 Å². The zero-order chi connectivity index (χ0) is 12.9. The molecule has 4 nitrogen and oxygen atoms in total. The molecular weight excluding hydrogens is 216 g/mol. The lowest BCUT2D eigenvalue weighted by Gasteiger charge is -2.28. The lowest BCUT2D eigenvalue weighted by molar-refractivity contribution is -0.123. The minimum Gasteiger partial charge on any atom is -0.379 e. The number of primary amides is 1. The number of rotatable bonds is 6. The Balaban J connectivity index is 2.83. The van der Waals surface area contributed by atoms with Crippen molar-refractivity contribution in [1.82, 2.24) is 0 Å².